The topological polar surface area (TPSA) is 57.0 Å². The number of hydrogen-bond acceptors (Lipinski definition) is 4. The summed E-state index contributed by atoms with van der Waals surface area (Å²) in [5.41, 5.74) is -0.465. The number of ether oxygens (including phenoxy) is 1. The standard InChI is InChI=1S/C8H12N3O2.3C4H9.Sn/c1-8(2,3)13-7(12)6-11-5-4-9-10-11;3*1-3-4-2;/h5H,6H2,1-3H3;3*1,3-4H2,2H3;. The van der Waals surface area contributed by atoms with Gasteiger partial charge in [0, 0.05) is 0 Å². The van der Waals surface area contributed by atoms with E-state index in [1.807, 2.05) is 20.8 Å². The maximum absolute atomic E-state index is 12.1. The van der Waals surface area contributed by atoms with Crippen LogP contribution in [-0.2, 0) is 16.1 Å². The Bertz CT molecular complexity index is 516. The first-order valence-electron chi connectivity index (χ1n) is 10.4. The summed E-state index contributed by atoms with van der Waals surface area (Å²) in [4.78, 5) is 12.1. The molecular formula is C20H39N3O2Sn. The second kappa shape index (κ2) is 11.3. The Balaban J connectivity index is 2.98. The van der Waals surface area contributed by atoms with Crippen molar-refractivity contribution < 1.29 is 9.53 Å². The molecule has 0 fully saturated rings. The molecule has 1 heterocycles. The van der Waals surface area contributed by atoms with E-state index in [2.05, 4.69) is 37.3 Å². The van der Waals surface area contributed by atoms with Crippen molar-refractivity contribution in [2.24, 2.45) is 0 Å². The van der Waals surface area contributed by atoms with E-state index in [1.165, 1.54) is 55.5 Å². The quantitative estimate of drug-likeness (QED) is 0.328. The van der Waals surface area contributed by atoms with Gasteiger partial charge in [-0.3, -0.25) is 0 Å². The molecule has 0 amide bonds. The van der Waals surface area contributed by atoms with Gasteiger partial charge < -0.3 is 0 Å². The monoisotopic (exact) mass is 473 g/mol. The Labute approximate surface area is 164 Å². The molecule has 0 aliphatic heterocycles. The van der Waals surface area contributed by atoms with E-state index < -0.39 is 24.0 Å². The molecule has 0 spiro atoms. The van der Waals surface area contributed by atoms with E-state index in [-0.39, 0.29) is 12.5 Å². The molecule has 0 bridgehead atoms. The van der Waals surface area contributed by atoms with Crippen molar-refractivity contribution in [3.63, 3.8) is 0 Å². The van der Waals surface area contributed by atoms with Crippen LogP contribution in [0.15, 0.2) is 6.20 Å². The van der Waals surface area contributed by atoms with Gasteiger partial charge in [-0.25, -0.2) is 0 Å². The third-order valence-electron chi connectivity index (χ3n) is 4.82. The molecule has 26 heavy (non-hydrogen) atoms. The summed E-state index contributed by atoms with van der Waals surface area (Å²) in [5, 5.41) is 8.89. The number of unbranched alkanes of at least 4 members (excludes halogenated alkanes) is 3. The predicted molar refractivity (Wildman–Crippen MR) is 110 cm³/mol. The minimum atomic E-state index is -2.55. The zero-order valence-corrected chi connectivity index (χ0v) is 20.7. The van der Waals surface area contributed by atoms with Crippen LogP contribution in [0.4, 0.5) is 0 Å². The zero-order valence-electron chi connectivity index (χ0n) is 17.8. The molecule has 0 saturated carbocycles. The fourth-order valence-electron chi connectivity index (χ4n) is 3.43. The molecule has 0 unspecified atom stereocenters. The van der Waals surface area contributed by atoms with Gasteiger partial charge in [-0.05, 0) is 0 Å². The van der Waals surface area contributed by atoms with Gasteiger partial charge in [-0.2, -0.15) is 0 Å². The summed E-state index contributed by atoms with van der Waals surface area (Å²) in [6, 6.07) is 0. The summed E-state index contributed by atoms with van der Waals surface area (Å²) in [6.07, 6.45) is 9.67. The Hall–Kier alpha value is -0.591. The Morgan fingerprint density at radius 2 is 1.54 bits per heavy atom. The zero-order chi connectivity index (χ0) is 19.6. The van der Waals surface area contributed by atoms with Crippen molar-refractivity contribution in [2.75, 3.05) is 0 Å². The SMILES string of the molecule is CCC[CH2][Sn]([CH2]CCC)([CH2]CCC)[c]1cn(CC(=O)OC(C)(C)C)nn1. The van der Waals surface area contributed by atoms with Crippen LogP contribution in [0.3, 0.4) is 0 Å². The molecule has 0 aromatic carbocycles. The van der Waals surface area contributed by atoms with E-state index in [1.54, 1.807) is 4.68 Å². The summed E-state index contributed by atoms with van der Waals surface area (Å²) < 4.78 is 12.4. The number of aromatic nitrogens is 3. The van der Waals surface area contributed by atoms with Crippen LogP contribution >= 0.6 is 0 Å². The third kappa shape index (κ3) is 7.97. The maximum atomic E-state index is 12.1. The van der Waals surface area contributed by atoms with Crippen LogP contribution in [0.5, 0.6) is 0 Å². The van der Waals surface area contributed by atoms with E-state index >= 15 is 0 Å². The van der Waals surface area contributed by atoms with Gasteiger partial charge in [-0.1, -0.05) is 0 Å². The first-order chi connectivity index (χ1) is 12.3. The van der Waals surface area contributed by atoms with Crippen molar-refractivity contribution in [2.45, 2.75) is 106 Å². The van der Waals surface area contributed by atoms with Gasteiger partial charge in [0.15, 0.2) is 0 Å². The number of carbonyl (C=O) groups excluding carboxylic acids is 1. The number of carbonyl (C=O) groups is 1. The van der Waals surface area contributed by atoms with Crippen LogP contribution in [0.25, 0.3) is 0 Å². The third-order valence-corrected chi connectivity index (χ3v) is 19.8. The van der Waals surface area contributed by atoms with Gasteiger partial charge in [0.25, 0.3) is 0 Å². The van der Waals surface area contributed by atoms with Crippen LogP contribution < -0.4 is 3.71 Å². The molecule has 1 aromatic rings. The number of rotatable bonds is 12. The molecule has 0 radical (unpaired) electrons. The van der Waals surface area contributed by atoms with Gasteiger partial charge in [0.1, 0.15) is 0 Å². The predicted octanol–water partition coefficient (Wildman–Crippen LogP) is 4.68. The second-order valence-corrected chi connectivity index (χ2v) is 21.5. The average molecular weight is 472 g/mol. The Morgan fingerprint density at radius 3 is 1.96 bits per heavy atom. The van der Waals surface area contributed by atoms with Gasteiger partial charge in [0.05, 0.1) is 0 Å². The molecule has 1 rings (SSSR count). The summed E-state index contributed by atoms with van der Waals surface area (Å²) in [6.45, 7) is 12.6. The molecule has 0 atom stereocenters. The molecule has 0 aliphatic carbocycles. The Kier molecular flexibility index (Phi) is 10.2. The van der Waals surface area contributed by atoms with Crippen LogP contribution in [-0.4, -0.2) is 44.9 Å². The van der Waals surface area contributed by atoms with Gasteiger partial charge >= 0.3 is 164 Å². The summed E-state index contributed by atoms with van der Waals surface area (Å²) in [7, 11) is 0. The minimum absolute atomic E-state index is 0.154. The van der Waals surface area contributed by atoms with Crippen molar-refractivity contribution in [1.82, 2.24) is 15.0 Å². The van der Waals surface area contributed by atoms with Crippen molar-refractivity contribution in [3.05, 3.63) is 6.20 Å². The van der Waals surface area contributed by atoms with Crippen LogP contribution in [0, 0.1) is 0 Å². The average Bonchev–Trinajstić information content (AvgIpc) is 3.01. The fourth-order valence-corrected chi connectivity index (χ4v) is 18.5. The molecule has 0 N–H and O–H groups in total. The molecule has 0 aliphatic rings. The normalized spacial score (nSPS) is 12.4. The van der Waals surface area contributed by atoms with Crippen LogP contribution in [0.1, 0.15) is 80.1 Å². The van der Waals surface area contributed by atoms with Crippen LogP contribution in [0.2, 0.25) is 13.3 Å². The Morgan fingerprint density at radius 1 is 1.04 bits per heavy atom. The summed E-state index contributed by atoms with van der Waals surface area (Å²) in [5.74, 6) is -0.245. The number of nitrogens with zero attached hydrogens (tertiary/aromatic N) is 3. The number of esters is 1. The molecule has 0 saturated heterocycles. The van der Waals surface area contributed by atoms with E-state index in [9.17, 15) is 4.79 Å². The first kappa shape index (κ1) is 23.4. The van der Waals surface area contributed by atoms with E-state index in [4.69, 9.17) is 4.74 Å². The van der Waals surface area contributed by atoms with Crippen molar-refractivity contribution in [3.8, 4) is 0 Å². The molecule has 6 heteroatoms. The second-order valence-electron chi connectivity index (χ2n) is 8.48. The van der Waals surface area contributed by atoms with Crippen molar-refractivity contribution in [1.29, 1.82) is 0 Å². The molecule has 1 aromatic heterocycles. The molecule has 5 nitrogen and oxygen atoms in total. The molecular weight excluding hydrogens is 433 g/mol. The van der Waals surface area contributed by atoms with Gasteiger partial charge in [-0.15, -0.1) is 0 Å². The van der Waals surface area contributed by atoms with E-state index in [0.29, 0.717) is 0 Å². The van der Waals surface area contributed by atoms with Crippen molar-refractivity contribution >= 4 is 28.1 Å². The number of hydrogen-bond donors (Lipinski definition) is 0. The van der Waals surface area contributed by atoms with E-state index in [0.717, 1.165) is 0 Å². The first-order valence-corrected chi connectivity index (χ1v) is 17.9. The fraction of sp³-hybridized carbons (Fsp3) is 0.850. The van der Waals surface area contributed by atoms with Gasteiger partial charge in [0.2, 0.25) is 0 Å². The summed E-state index contributed by atoms with van der Waals surface area (Å²) >= 11 is -2.55. The molecule has 150 valence electrons.